The standard InChI is InChI=1S/C8H7NO2S/c10-4-7-9-8-5(11)2-1-3-6(8)12-7/h1-3,10-11H,4H2. The van der Waals surface area contributed by atoms with Gasteiger partial charge in [0.2, 0.25) is 0 Å². The maximum absolute atomic E-state index is 9.34. The van der Waals surface area contributed by atoms with E-state index < -0.39 is 0 Å². The molecular formula is C8H7NO2S. The van der Waals surface area contributed by atoms with Crippen molar-refractivity contribution in [2.75, 3.05) is 0 Å². The van der Waals surface area contributed by atoms with Gasteiger partial charge in [-0.3, -0.25) is 0 Å². The van der Waals surface area contributed by atoms with Crippen LogP contribution >= 0.6 is 11.3 Å². The molecule has 0 fully saturated rings. The van der Waals surface area contributed by atoms with E-state index in [0.29, 0.717) is 10.5 Å². The first kappa shape index (κ1) is 7.52. The van der Waals surface area contributed by atoms with E-state index in [1.165, 1.54) is 11.3 Å². The van der Waals surface area contributed by atoms with Crippen molar-refractivity contribution in [1.82, 2.24) is 4.98 Å². The summed E-state index contributed by atoms with van der Waals surface area (Å²) < 4.78 is 0.902. The first-order valence-electron chi connectivity index (χ1n) is 3.49. The molecule has 0 saturated heterocycles. The Bertz CT molecular complexity index is 410. The average Bonchev–Trinajstić information content (AvgIpc) is 2.49. The molecule has 1 aromatic carbocycles. The van der Waals surface area contributed by atoms with E-state index in [0.717, 1.165) is 4.70 Å². The van der Waals surface area contributed by atoms with Crippen molar-refractivity contribution in [3.05, 3.63) is 23.2 Å². The van der Waals surface area contributed by atoms with Gasteiger partial charge in [-0.25, -0.2) is 4.98 Å². The first-order chi connectivity index (χ1) is 5.81. The van der Waals surface area contributed by atoms with E-state index in [2.05, 4.69) is 4.98 Å². The average molecular weight is 181 g/mol. The molecule has 0 amide bonds. The highest BCUT2D eigenvalue weighted by molar-refractivity contribution is 7.18. The Kier molecular flexibility index (Phi) is 1.71. The van der Waals surface area contributed by atoms with Gasteiger partial charge in [0.15, 0.2) is 0 Å². The highest BCUT2D eigenvalue weighted by Gasteiger charge is 2.05. The van der Waals surface area contributed by atoms with Crippen molar-refractivity contribution >= 4 is 21.6 Å². The quantitative estimate of drug-likeness (QED) is 0.700. The molecular weight excluding hydrogens is 174 g/mol. The number of fused-ring (bicyclic) bond motifs is 1. The maximum Gasteiger partial charge on any atom is 0.142 e. The van der Waals surface area contributed by atoms with Gasteiger partial charge in [0, 0.05) is 0 Å². The Morgan fingerprint density at radius 2 is 2.25 bits per heavy atom. The number of aliphatic hydroxyl groups is 1. The number of phenols is 1. The molecule has 0 atom stereocenters. The second-order valence-electron chi connectivity index (χ2n) is 2.39. The van der Waals surface area contributed by atoms with Crippen molar-refractivity contribution in [2.45, 2.75) is 6.61 Å². The van der Waals surface area contributed by atoms with Crippen LogP contribution in [0.3, 0.4) is 0 Å². The van der Waals surface area contributed by atoms with E-state index in [-0.39, 0.29) is 12.4 Å². The number of aromatic nitrogens is 1. The zero-order valence-electron chi connectivity index (χ0n) is 6.19. The van der Waals surface area contributed by atoms with E-state index in [4.69, 9.17) is 5.11 Å². The SMILES string of the molecule is OCc1nc2c(O)cccc2s1. The number of hydrogen-bond donors (Lipinski definition) is 2. The topological polar surface area (TPSA) is 53.4 Å². The lowest BCUT2D eigenvalue weighted by molar-refractivity contribution is 0.281. The Morgan fingerprint density at radius 3 is 2.92 bits per heavy atom. The Balaban J connectivity index is 2.74. The van der Waals surface area contributed by atoms with Crippen molar-refractivity contribution in [1.29, 1.82) is 0 Å². The van der Waals surface area contributed by atoms with Crippen LogP contribution in [-0.4, -0.2) is 15.2 Å². The summed E-state index contributed by atoms with van der Waals surface area (Å²) in [6.45, 7) is -0.0706. The lowest BCUT2D eigenvalue weighted by atomic mass is 10.3. The Labute approximate surface area is 72.9 Å². The van der Waals surface area contributed by atoms with E-state index in [9.17, 15) is 5.11 Å². The molecule has 0 spiro atoms. The molecule has 1 aromatic heterocycles. The molecule has 2 N–H and O–H groups in total. The molecule has 3 nitrogen and oxygen atoms in total. The van der Waals surface area contributed by atoms with Crippen molar-refractivity contribution in [3.8, 4) is 5.75 Å². The predicted molar refractivity (Wildman–Crippen MR) is 47.2 cm³/mol. The molecule has 0 radical (unpaired) electrons. The molecule has 0 aliphatic heterocycles. The van der Waals surface area contributed by atoms with Crippen LogP contribution in [0.1, 0.15) is 5.01 Å². The van der Waals surface area contributed by atoms with Crippen LogP contribution in [0.2, 0.25) is 0 Å². The fourth-order valence-electron chi connectivity index (χ4n) is 1.05. The molecule has 0 bridgehead atoms. The Morgan fingerprint density at radius 1 is 1.42 bits per heavy atom. The van der Waals surface area contributed by atoms with E-state index in [1.807, 2.05) is 6.07 Å². The normalized spacial score (nSPS) is 10.8. The van der Waals surface area contributed by atoms with Crippen LogP contribution in [0.4, 0.5) is 0 Å². The minimum atomic E-state index is -0.0706. The molecule has 0 aliphatic carbocycles. The van der Waals surface area contributed by atoms with Gasteiger partial charge < -0.3 is 10.2 Å². The van der Waals surface area contributed by atoms with E-state index >= 15 is 0 Å². The zero-order chi connectivity index (χ0) is 8.55. The number of nitrogens with zero attached hydrogens (tertiary/aromatic N) is 1. The summed E-state index contributed by atoms with van der Waals surface area (Å²) in [6, 6.07) is 5.21. The molecule has 0 aliphatic rings. The number of rotatable bonds is 1. The fourth-order valence-corrected chi connectivity index (χ4v) is 1.90. The minimum Gasteiger partial charge on any atom is -0.506 e. The third-order valence-corrected chi connectivity index (χ3v) is 2.58. The van der Waals surface area contributed by atoms with Crippen LogP contribution in [0.15, 0.2) is 18.2 Å². The lowest BCUT2D eigenvalue weighted by Crippen LogP contribution is -1.77. The molecule has 62 valence electrons. The van der Waals surface area contributed by atoms with Gasteiger partial charge >= 0.3 is 0 Å². The number of aromatic hydroxyl groups is 1. The molecule has 2 rings (SSSR count). The zero-order valence-corrected chi connectivity index (χ0v) is 7.01. The largest absolute Gasteiger partial charge is 0.506 e. The first-order valence-corrected chi connectivity index (χ1v) is 4.31. The van der Waals surface area contributed by atoms with Gasteiger partial charge in [-0.2, -0.15) is 0 Å². The van der Waals surface area contributed by atoms with Crippen molar-refractivity contribution in [2.24, 2.45) is 0 Å². The fraction of sp³-hybridized carbons (Fsp3) is 0.125. The van der Waals surface area contributed by atoms with Crippen LogP contribution in [0.5, 0.6) is 5.75 Å². The summed E-state index contributed by atoms with van der Waals surface area (Å²) in [6.07, 6.45) is 0. The highest BCUT2D eigenvalue weighted by Crippen LogP contribution is 2.28. The molecule has 0 saturated carbocycles. The second-order valence-corrected chi connectivity index (χ2v) is 3.50. The third-order valence-electron chi connectivity index (χ3n) is 1.58. The van der Waals surface area contributed by atoms with Gasteiger partial charge in [-0.15, -0.1) is 11.3 Å². The lowest BCUT2D eigenvalue weighted by Gasteiger charge is -1.89. The monoisotopic (exact) mass is 181 g/mol. The van der Waals surface area contributed by atoms with E-state index in [1.54, 1.807) is 12.1 Å². The summed E-state index contributed by atoms with van der Waals surface area (Å²) >= 11 is 1.39. The number of hydrogen-bond acceptors (Lipinski definition) is 4. The minimum absolute atomic E-state index is 0.0706. The summed E-state index contributed by atoms with van der Waals surface area (Å²) in [7, 11) is 0. The van der Waals surface area contributed by atoms with Gasteiger partial charge in [0.25, 0.3) is 0 Å². The van der Waals surface area contributed by atoms with Gasteiger partial charge in [-0.1, -0.05) is 6.07 Å². The van der Waals surface area contributed by atoms with Crippen LogP contribution in [-0.2, 0) is 6.61 Å². The van der Waals surface area contributed by atoms with Gasteiger partial charge in [0.05, 0.1) is 11.3 Å². The maximum atomic E-state index is 9.34. The number of benzene rings is 1. The molecule has 1 heterocycles. The summed E-state index contributed by atoms with van der Waals surface area (Å²) in [5.74, 6) is 0.170. The predicted octanol–water partition coefficient (Wildman–Crippen LogP) is 1.49. The number of aliphatic hydroxyl groups excluding tert-OH is 1. The summed E-state index contributed by atoms with van der Waals surface area (Å²) in [4.78, 5) is 4.05. The summed E-state index contributed by atoms with van der Waals surface area (Å²) in [5.41, 5.74) is 0.576. The number of thiazole rings is 1. The third kappa shape index (κ3) is 1.05. The molecule has 4 heteroatoms. The molecule has 12 heavy (non-hydrogen) atoms. The Hall–Kier alpha value is -1.13. The molecule has 0 unspecified atom stereocenters. The van der Waals surface area contributed by atoms with Gasteiger partial charge in [-0.05, 0) is 12.1 Å². The van der Waals surface area contributed by atoms with Gasteiger partial charge in [0.1, 0.15) is 16.3 Å². The molecule has 2 aromatic rings. The van der Waals surface area contributed by atoms with Crippen LogP contribution in [0, 0.1) is 0 Å². The highest BCUT2D eigenvalue weighted by atomic mass is 32.1. The van der Waals surface area contributed by atoms with Crippen LogP contribution in [0.25, 0.3) is 10.2 Å². The number of phenolic OH excluding ortho intramolecular Hbond substituents is 1. The summed E-state index contributed by atoms with van der Waals surface area (Å²) in [5, 5.41) is 18.8. The second kappa shape index (κ2) is 2.73. The van der Waals surface area contributed by atoms with Crippen LogP contribution < -0.4 is 0 Å². The number of para-hydroxylation sites is 1. The van der Waals surface area contributed by atoms with Crippen molar-refractivity contribution in [3.63, 3.8) is 0 Å². The smallest absolute Gasteiger partial charge is 0.142 e. The van der Waals surface area contributed by atoms with Crippen molar-refractivity contribution < 1.29 is 10.2 Å².